The molecule has 1 aromatic rings. The Balaban J connectivity index is 1.77. The predicted octanol–water partition coefficient (Wildman–Crippen LogP) is 5.95. The molecule has 0 unspecified atom stereocenters. The average Bonchev–Trinajstić information content (AvgIpc) is 3.10. The molecule has 2 aliphatic rings. The van der Waals surface area contributed by atoms with E-state index in [1.54, 1.807) is 22.7 Å². The van der Waals surface area contributed by atoms with E-state index in [4.69, 9.17) is 27.9 Å². The van der Waals surface area contributed by atoms with Crippen molar-refractivity contribution < 1.29 is 9.53 Å². The molecule has 1 fully saturated rings. The third kappa shape index (κ3) is 5.62. The van der Waals surface area contributed by atoms with Crippen LogP contribution in [-0.2, 0) is 11.3 Å². The van der Waals surface area contributed by atoms with Gasteiger partial charge in [-0.15, -0.1) is 11.8 Å². The van der Waals surface area contributed by atoms with Gasteiger partial charge in [0.05, 0.1) is 0 Å². The summed E-state index contributed by atoms with van der Waals surface area (Å²) in [6, 6.07) is 5.82. The molecule has 1 amide bonds. The first-order chi connectivity index (χ1) is 13.2. The summed E-state index contributed by atoms with van der Waals surface area (Å²) in [5.41, 5.74) is 1.70. The first kappa shape index (κ1) is 21.4. The molecule has 0 saturated carbocycles. The fraction of sp³-hybridized carbons (Fsp3) is 0.476. The van der Waals surface area contributed by atoms with Gasteiger partial charge in [0.1, 0.15) is 5.60 Å². The molecule has 1 atom stereocenters. The predicted molar refractivity (Wildman–Crippen MR) is 118 cm³/mol. The fourth-order valence-corrected chi connectivity index (χ4v) is 4.42. The smallest absolute Gasteiger partial charge is 0.410 e. The summed E-state index contributed by atoms with van der Waals surface area (Å²) in [7, 11) is 0. The summed E-state index contributed by atoms with van der Waals surface area (Å²) < 4.78 is 5.55. The van der Waals surface area contributed by atoms with E-state index in [2.05, 4.69) is 22.5 Å². The maximum atomic E-state index is 12.5. The zero-order valence-electron chi connectivity index (χ0n) is 16.5. The van der Waals surface area contributed by atoms with Crippen LogP contribution in [0.15, 0.2) is 41.5 Å². The number of nitrogens with zero attached hydrogens (tertiary/aromatic N) is 2. The molecular formula is C21H26Cl2N2O2S. The minimum absolute atomic E-state index is 0.207. The van der Waals surface area contributed by atoms with E-state index in [1.165, 1.54) is 5.70 Å². The van der Waals surface area contributed by atoms with Gasteiger partial charge in [-0.1, -0.05) is 35.3 Å². The molecule has 0 aromatic heterocycles. The molecule has 0 radical (unpaired) electrons. The maximum absolute atomic E-state index is 12.5. The summed E-state index contributed by atoms with van der Waals surface area (Å²) in [5.74, 6) is 0.944. The summed E-state index contributed by atoms with van der Waals surface area (Å²) in [5, 5.41) is 3.41. The third-order valence-corrected chi connectivity index (χ3v) is 5.94. The Morgan fingerprint density at radius 3 is 2.79 bits per heavy atom. The first-order valence-corrected chi connectivity index (χ1v) is 11.2. The van der Waals surface area contributed by atoms with Crippen molar-refractivity contribution in [2.75, 3.05) is 18.8 Å². The number of benzene rings is 1. The van der Waals surface area contributed by atoms with Crippen LogP contribution >= 0.6 is 35.0 Å². The normalized spacial score (nSPS) is 19.5. The second-order valence-corrected chi connectivity index (χ2v) is 9.78. The van der Waals surface area contributed by atoms with E-state index in [0.717, 1.165) is 17.7 Å². The largest absolute Gasteiger partial charge is 0.444 e. The van der Waals surface area contributed by atoms with Gasteiger partial charge in [0.15, 0.2) is 0 Å². The Morgan fingerprint density at radius 1 is 1.36 bits per heavy atom. The first-order valence-electron chi connectivity index (χ1n) is 9.40. The molecule has 1 saturated heterocycles. The number of halogens is 2. The molecule has 1 aromatic carbocycles. The summed E-state index contributed by atoms with van der Waals surface area (Å²) >= 11 is 14.3. The van der Waals surface area contributed by atoms with E-state index in [-0.39, 0.29) is 12.1 Å². The second kappa shape index (κ2) is 9.02. The highest BCUT2D eigenvalue weighted by Crippen LogP contribution is 2.30. The van der Waals surface area contributed by atoms with Crippen LogP contribution < -0.4 is 0 Å². The number of likely N-dealkylation sites (tertiary alicyclic amines) is 1. The van der Waals surface area contributed by atoms with Gasteiger partial charge >= 0.3 is 6.09 Å². The standard InChI is InChI=1S/C21H26Cl2N2O2S/c1-21(2,3)27-20(26)24-9-6-18(14-24)25(17-7-10-28-11-8-17)13-15-4-5-16(22)12-19(15)23/h4-5,7-8,10,12,18H,6,9,11,13-14H2,1-3H3/t18-/m0/s1. The number of allylic oxidation sites excluding steroid dienone is 1. The lowest BCUT2D eigenvalue weighted by molar-refractivity contribution is 0.0283. The summed E-state index contributed by atoms with van der Waals surface area (Å²) in [6.07, 6.45) is 5.00. The van der Waals surface area contributed by atoms with Crippen molar-refractivity contribution >= 4 is 41.1 Å². The van der Waals surface area contributed by atoms with Crippen molar-refractivity contribution in [1.29, 1.82) is 0 Å². The van der Waals surface area contributed by atoms with Gasteiger partial charge in [-0.05, 0) is 56.4 Å². The zero-order chi connectivity index (χ0) is 20.3. The van der Waals surface area contributed by atoms with Gasteiger partial charge in [-0.25, -0.2) is 4.79 Å². The molecule has 0 bridgehead atoms. The van der Waals surface area contributed by atoms with Crippen molar-refractivity contribution in [2.45, 2.75) is 45.4 Å². The third-order valence-electron chi connectivity index (χ3n) is 4.67. The SMILES string of the molecule is CC(C)(C)OC(=O)N1CC[C@H](N(Cc2ccc(Cl)cc2Cl)C2=CCSC=C2)C1. The van der Waals surface area contributed by atoms with Crippen molar-refractivity contribution in [3.05, 3.63) is 57.1 Å². The minimum Gasteiger partial charge on any atom is -0.444 e. The molecule has 3 rings (SSSR count). The van der Waals surface area contributed by atoms with Crippen LogP contribution in [0.3, 0.4) is 0 Å². The van der Waals surface area contributed by atoms with Gasteiger partial charge < -0.3 is 14.5 Å². The van der Waals surface area contributed by atoms with Crippen LogP contribution in [0.4, 0.5) is 4.79 Å². The molecule has 7 heteroatoms. The van der Waals surface area contributed by atoms with Gasteiger partial charge in [-0.3, -0.25) is 0 Å². The molecule has 28 heavy (non-hydrogen) atoms. The van der Waals surface area contributed by atoms with Crippen molar-refractivity contribution in [1.82, 2.24) is 9.80 Å². The lowest BCUT2D eigenvalue weighted by atomic mass is 10.1. The quantitative estimate of drug-likeness (QED) is 0.578. The maximum Gasteiger partial charge on any atom is 0.410 e. The molecule has 0 N–H and O–H groups in total. The van der Waals surface area contributed by atoms with Gasteiger partial charge in [0.25, 0.3) is 0 Å². The van der Waals surface area contributed by atoms with E-state index < -0.39 is 5.60 Å². The number of ether oxygens (including phenoxy) is 1. The molecule has 152 valence electrons. The molecule has 2 heterocycles. The molecule has 4 nitrogen and oxygen atoms in total. The topological polar surface area (TPSA) is 32.8 Å². The molecule has 0 aliphatic carbocycles. The number of thioether (sulfide) groups is 1. The highest BCUT2D eigenvalue weighted by molar-refractivity contribution is 8.02. The Labute approximate surface area is 181 Å². The van der Waals surface area contributed by atoms with Gasteiger partial charge in [0.2, 0.25) is 0 Å². The monoisotopic (exact) mass is 440 g/mol. The zero-order valence-corrected chi connectivity index (χ0v) is 18.8. The highest BCUT2D eigenvalue weighted by atomic mass is 35.5. The van der Waals surface area contributed by atoms with Crippen LogP contribution in [0.2, 0.25) is 10.0 Å². The van der Waals surface area contributed by atoms with Crippen LogP contribution in [-0.4, -0.2) is 46.4 Å². The van der Waals surface area contributed by atoms with E-state index >= 15 is 0 Å². The van der Waals surface area contributed by atoms with Crippen LogP contribution in [0.25, 0.3) is 0 Å². The molecule has 2 aliphatic heterocycles. The number of amides is 1. The second-order valence-electron chi connectivity index (χ2n) is 8.00. The van der Waals surface area contributed by atoms with Crippen LogP contribution in [0, 0.1) is 0 Å². The number of carbonyl (C=O) groups excluding carboxylic acids is 1. The average molecular weight is 441 g/mol. The van der Waals surface area contributed by atoms with Crippen LogP contribution in [0.1, 0.15) is 32.8 Å². The van der Waals surface area contributed by atoms with Crippen molar-refractivity contribution in [3.63, 3.8) is 0 Å². The fourth-order valence-electron chi connectivity index (χ4n) is 3.34. The number of hydrogen-bond donors (Lipinski definition) is 0. The van der Waals surface area contributed by atoms with E-state index in [9.17, 15) is 4.79 Å². The Morgan fingerprint density at radius 2 is 2.14 bits per heavy atom. The Kier molecular flexibility index (Phi) is 6.89. The molecule has 0 spiro atoms. The minimum atomic E-state index is -0.489. The number of carbonyl (C=O) groups is 1. The number of hydrogen-bond acceptors (Lipinski definition) is 4. The van der Waals surface area contributed by atoms with Crippen molar-refractivity contribution in [2.24, 2.45) is 0 Å². The van der Waals surface area contributed by atoms with Crippen molar-refractivity contribution in [3.8, 4) is 0 Å². The van der Waals surface area contributed by atoms with E-state index in [1.807, 2.05) is 32.9 Å². The summed E-state index contributed by atoms with van der Waals surface area (Å²) in [4.78, 5) is 16.6. The van der Waals surface area contributed by atoms with E-state index in [0.29, 0.717) is 29.7 Å². The van der Waals surface area contributed by atoms with Crippen LogP contribution in [0.5, 0.6) is 0 Å². The number of rotatable bonds is 4. The highest BCUT2D eigenvalue weighted by Gasteiger charge is 2.33. The lowest BCUT2D eigenvalue weighted by Gasteiger charge is -2.33. The van der Waals surface area contributed by atoms with Gasteiger partial charge in [0, 0.05) is 47.2 Å². The molecular weight excluding hydrogens is 415 g/mol. The Bertz CT molecular complexity index is 789. The Hall–Kier alpha value is -1.30. The lowest BCUT2D eigenvalue weighted by Crippen LogP contribution is -2.40. The summed E-state index contributed by atoms with van der Waals surface area (Å²) in [6.45, 7) is 7.67. The van der Waals surface area contributed by atoms with Gasteiger partial charge in [-0.2, -0.15) is 0 Å².